The minimum absolute atomic E-state index is 0.00822. The quantitative estimate of drug-likeness (QED) is 0.705. The summed E-state index contributed by atoms with van der Waals surface area (Å²) in [5.41, 5.74) is 2.04. The Morgan fingerprint density at radius 1 is 0.848 bits per heavy atom. The smallest absolute Gasteiger partial charge is 0.247 e. The number of rotatable bonds is 7. The Morgan fingerprint density at radius 2 is 1.52 bits per heavy atom. The van der Waals surface area contributed by atoms with Crippen LogP contribution in [0.25, 0.3) is 0 Å². The molecule has 2 aliphatic rings. The molecule has 0 saturated carbocycles. The lowest BCUT2D eigenvalue weighted by Crippen LogP contribution is -2.52. The van der Waals surface area contributed by atoms with Gasteiger partial charge in [-0.3, -0.25) is 19.3 Å². The Labute approximate surface area is 195 Å². The lowest BCUT2D eigenvalue weighted by Gasteiger charge is -2.35. The number of carbonyl (C=O) groups is 3. The molecular weight excluding hydrogens is 416 g/mol. The second-order valence-electron chi connectivity index (χ2n) is 8.72. The van der Waals surface area contributed by atoms with Crippen LogP contribution in [0.1, 0.15) is 36.4 Å². The van der Waals surface area contributed by atoms with E-state index in [-0.39, 0.29) is 24.3 Å². The second kappa shape index (κ2) is 11.1. The van der Waals surface area contributed by atoms with E-state index in [4.69, 9.17) is 0 Å². The molecular formula is C26H32N4O3. The fourth-order valence-electron chi connectivity index (χ4n) is 4.58. The number of hydrogen-bond acceptors (Lipinski definition) is 4. The Morgan fingerprint density at radius 3 is 2.18 bits per heavy atom. The highest BCUT2D eigenvalue weighted by molar-refractivity contribution is 5.91. The van der Waals surface area contributed by atoms with E-state index in [0.29, 0.717) is 26.1 Å². The van der Waals surface area contributed by atoms with E-state index in [1.165, 1.54) is 5.56 Å². The molecule has 3 amide bonds. The Bertz CT molecular complexity index is 943. The summed E-state index contributed by atoms with van der Waals surface area (Å²) in [6, 6.07) is 19.0. The molecule has 7 heteroatoms. The van der Waals surface area contributed by atoms with E-state index in [9.17, 15) is 14.4 Å². The van der Waals surface area contributed by atoms with Crippen LogP contribution in [0.15, 0.2) is 60.7 Å². The lowest BCUT2D eigenvalue weighted by atomic mass is 10.0. The van der Waals surface area contributed by atoms with Crippen LogP contribution in [0.5, 0.6) is 0 Å². The summed E-state index contributed by atoms with van der Waals surface area (Å²) in [6.45, 7) is 4.30. The Balaban J connectivity index is 1.31. The lowest BCUT2D eigenvalue weighted by molar-refractivity contribution is -0.143. The average Bonchev–Trinajstić information content (AvgIpc) is 2.86. The highest BCUT2D eigenvalue weighted by atomic mass is 16.2. The number of piperazine rings is 1. The highest BCUT2D eigenvalue weighted by Crippen LogP contribution is 2.25. The predicted molar refractivity (Wildman–Crippen MR) is 126 cm³/mol. The maximum Gasteiger partial charge on any atom is 0.247 e. The molecule has 0 spiro atoms. The topological polar surface area (TPSA) is 73.0 Å². The van der Waals surface area contributed by atoms with E-state index >= 15 is 0 Å². The SMILES string of the molecule is O=C(NCC(=O)N1CCN(Cc2ccccc2)CC1)C(c1ccccc1)N1CCCCC1=O. The van der Waals surface area contributed by atoms with Gasteiger partial charge in [0.15, 0.2) is 0 Å². The van der Waals surface area contributed by atoms with Crippen LogP contribution >= 0.6 is 0 Å². The number of amides is 3. The molecule has 33 heavy (non-hydrogen) atoms. The summed E-state index contributed by atoms with van der Waals surface area (Å²) in [5, 5.41) is 2.81. The van der Waals surface area contributed by atoms with Crippen molar-refractivity contribution in [1.29, 1.82) is 0 Å². The fraction of sp³-hybridized carbons (Fsp3) is 0.423. The second-order valence-corrected chi connectivity index (χ2v) is 8.72. The predicted octanol–water partition coefficient (Wildman–Crippen LogP) is 2.20. The van der Waals surface area contributed by atoms with Gasteiger partial charge < -0.3 is 15.1 Å². The van der Waals surface area contributed by atoms with E-state index in [1.807, 2.05) is 53.4 Å². The molecule has 7 nitrogen and oxygen atoms in total. The van der Waals surface area contributed by atoms with Crippen molar-refractivity contribution in [2.45, 2.75) is 31.8 Å². The maximum atomic E-state index is 13.1. The molecule has 2 saturated heterocycles. The standard InChI is InChI=1S/C26H32N4O3/c31-23-13-7-8-14-30(23)25(22-11-5-2-6-12-22)26(33)27-19-24(32)29-17-15-28(16-18-29)20-21-9-3-1-4-10-21/h1-6,9-12,25H,7-8,13-20H2,(H,27,33). The first-order valence-corrected chi connectivity index (χ1v) is 11.8. The van der Waals surface area contributed by atoms with Crippen molar-refractivity contribution in [1.82, 2.24) is 20.0 Å². The van der Waals surface area contributed by atoms with Crippen LogP contribution < -0.4 is 5.32 Å². The highest BCUT2D eigenvalue weighted by Gasteiger charge is 2.33. The monoisotopic (exact) mass is 448 g/mol. The molecule has 2 aliphatic heterocycles. The average molecular weight is 449 g/mol. The summed E-state index contributed by atoms with van der Waals surface area (Å²) >= 11 is 0. The summed E-state index contributed by atoms with van der Waals surface area (Å²) in [4.78, 5) is 44.3. The first-order chi connectivity index (χ1) is 16.1. The number of carbonyl (C=O) groups excluding carboxylic acids is 3. The Hall–Kier alpha value is -3.19. The minimum atomic E-state index is -0.700. The molecule has 1 N–H and O–H groups in total. The van der Waals surface area contributed by atoms with Crippen molar-refractivity contribution < 1.29 is 14.4 Å². The molecule has 2 fully saturated rings. The van der Waals surface area contributed by atoms with Gasteiger partial charge in [0.25, 0.3) is 0 Å². The molecule has 0 aromatic heterocycles. The number of benzene rings is 2. The zero-order valence-electron chi connectivity index (χ0n) is 19.0. The third-order valence-electron chi connectivity index (χ3n) is 6.42. The van der Waals surface area contributed by atoms with Gasteiger partial charge in [0.1, 0.15) is 6.04 Å². The van der Waals surface area contributed by atoms with Gasteiger partial charge in [0.2, 0.25) is 17.7 Å². The van der Waals surface area contributed by atoms with Crippen LogP contribution in [0.3, 0.4) is 0 Å². The van der Waals surface area contributed by atoms with Gasteiger partial charge in [0.05, 0.1) is 6.54 Å². The largest absolute Gasteiger partial charge is 0.345 e. The molecule has 1 unspecified atom stereocenters. The summed E-state index contributed by atoms with van der Waals surface area (Å²) in [7, 11) is 0. The van der Waals surface area contributed by atoms with Gasteiger partial charge in [-0.2, -0.15) is 0 Å². The maximum absolute atomic E-state index is 13.1. The van der Waals surface area contributed by atoms with Gasteiger partial charge in [-0.05, 0) is 24.0 Å². The van der Waals surface area contributed by atoms with Crippen molar-refractivity contribution in [3.8, 4) is 0 Å². The zero-order chi connectivity index (χ0) is 23.0. The van der Waals surface area contributed by atoms with Crippen molar-refractivity contribution >= 4 is 17.7 Å². The molecule has 4 rings (SSSR count). The molecule has 0 aliphatic carbocycles. The third-order valence-corrected chi connectivity index (χ3v) is 6.42. The van der Waals surface area contributed by atoms with Crippen molar-refractivity contribution in [2.24, 2.45) is 0 Å². The minimum Gasteiger partial charge on any atom is -0.345 e. The van der Waals surface area contributed by atoms with Crippen LogP contribution in [-0.2, 0) is 20.9 Å². The van der Waals surface area contributed by atoms with E-state index in [1.54, 1.807) is 4.90 Å². The summed E-state index contributed by atoms with van der Waals surface area (Å²) < 4.78 is 0. The number of piperidine rings is 1. The third kappa shape index (κ3) is 5.99. The fourth-order valence-corrected chi connectivity index (χ4v) is 4.58. The van der Waals surface area contributed by atoms with Crippen LogP contribution in [0, 0.1) is 0 Å². The number of nitrogens with one attached hydrogen (secondary N) is 1. The van der Waals surface area contributed by atoms with Crippen molar-refractivity contribution in [3.63, 3.8) is 0 Å². The van der Waals surface area contributed by atoms with Crippen LogP contribution in [0.4, 0.5) is 0 Å². The van der Waals surface area contributed by atoms with Crippen molar-refractivity contribution in [3.05, 3.63) is 71.8 Å². The van der Waals surface area contributed by atoms with Gasteiger partial charge in [-0.25, -0.2) is 0 Å². The molecule has 2 heterocycles. The summed E-state index contributed by atoms with van der Waals surface area (Å²) in [5.74, 6) is -0.391. The normalized spacial score (nSPS) is 18.1. The first-order valence-electron chi connectivity index (χ1n) is 11.8. The van der Waals surface area contributed by atoms with E-state index in [0.717, 1.165) is 38.0 Å². The van der Waals surface area contributed by atoms with Gasteiger partial charge in [0, 0.05) is 45.7 Å². The van der Waals surface area contributed by atoms with E-state index < -0.39 is 6.04 Å². The molecule has 2 aromatic carbocycles. The molecule has 0 radical (unpaired) electrons. The van der Waals surface area contributed by atoms with Crippen molar-refractivity contribution in [2.75, 3.05) is 39.3 Å². The van der Waals surface area contributed by atoms with Crippen LogP contribution in [0.2, 0.25) is 0 Å². The first kappa shape index (κ1) is 23.0. The van der Waals surface area contributed by atoms with Gasteiger partial charge in [-0.15, -0.1) is 0 Å². The summed E-state index contributed by atoms with van der Waals surface area (Å²) in [6.07, 6.45) is 2.20. The number of hydrogen-bond donors (Lipinski definition) is 1. The number of nitrogens with zero attached hydrogens (tertiary/aromatic N) is 3. The van der Waals surface area contributed by atoms with Crippen LogP contribution in [-0.4, -0.2) is 71.7 Å². The molecule has 174 valence electrons. The molecule has 2 aromatic rings. The molecule has 0 bridgehead atoms. The van der Waals surface area contributed by atoms with E-state index in [2.05, 4.69) is 22.3 Å². The molecule has 1 atom stereocenters. The van der Waals surface area contributed by atoms with Gasteiger partial charge in [-0.1, -0.05) is 60.7 Å². The van der Waals surface area contributed by atoms with Gasteiger partial charge >= 0.3 is 0 Å². The Kier molecular flexibility index (Phi) is 7.73. The number of likely N-dealkylation sites (tertiary alicyclic amines) is 1. The zero-order valence-corrected chi connectivity index (χ0v) is 19.0.